The van der Waals surface area contributed by atoms with Gasteiger partial charge >= 0.3 is 13.2 Å². The molecule has 3 heterocycles. The van der Waals surface area contributed by atoms with Gasteiger partial charge in [-0.25, -0.2) is 4.79 Å². The summed E-state index contributed by atoms with van der Waals surface area (Å²) in [6, 6.07) is 4.14. The molecule has 2 saturated heterocycles. The second kappa shape index (κ2) is 6.30. The molecule has 5 aliphatic rings. The van der Waals surface area contributed by atoms with Crippen molar-refractivity contribution in [1.29, 1.82) is 0 Å². The van der Waals surface area contributed by atoms with E-state index < -0.39 is 30.5 Å². The van der Waals surface area contributed by atoms with E-state index in [4.69, 9.17) is 18.8 Å². The number of rotatable bonds is 1. The van der Waals surface area contributed by atoms with E-state index in [1.165, 1.54) is 18.2 Å². The molecule has 2 aliphatic carbocycles. The van der Waals surface area contributed by atoms with Gasteiger partial charge in [-0.2, -0.15) is 0 Å². The smallest absolute Gasteiger partial charge is 0.486 e. The average Bonchev–Trinajstić information content (AvgIpc) is 3.19. The van der Waals surface area contributed by atoms with Crippen LogP contribution >= 0.6 is 0 Å². The summed E-state index contributed by atoms with van der Waals surface area (Å²) in [5, 5.41) is 11.0. The Morgan fingerprint density at radius 2 is 1.91 bits per heavy atom. The topological polar surface area (TPSA) is 77.5 Å². The van der Waals surface area contributed by atoms with Crippen molar-refractivity contribution >= 4 is 18.7 Å². The lowest BCUT2D eigenvalue weighted by molar-refractivity contribution is -0.0468. The molecule has 0 saturated carbocycles. The zero-order valence-corrected chi connectivity index (χ0v) is 19.3. The Kier molecular flexibility index (Phi) is 4.05. The third-order valence-corrected chi connectivity index (χ3v) is 8.84. The quantitative estimate of drug-likeness (QED) is 0.533. The fourth-order valence-corrected chi connectivity index (χ4v) is 6.59. The Hall–Kier alpha value is -2.03. The first-order chi connectivity index (χ1) is 15.1. The number of hydrogen-bond acceptors (Lipinski definition) is 6. The number of aliphatic hydroxyl groups is 1. The van der Waals surface area contributed by atoms with Gasteiger partial charge in [0.15, 0.2) is 0 Å². The molecule has 5 atom stereocenters. The Labute approximate surface area is 188 Å². The van der Waals surface area contributed by atoms with E-state index in [0.717, 1.165) is 17.6 Å². The Bertz CT molecular complexity index is 1020. The summed E-state index contributed by atoms with van der Waals surface area (Å²) in [6.45, 7) is 8.75. The van der Waals surface area contributed by atoms with Crippen molar-refractivity contribution in [3.63, 3.8) is 0 Å². The average molecular weight is 439 g/mol. The lowest BCUT2D eigenvalue weighted by Gasteiger charge is -2.56. The lowest BCUT2D eigenvalue weighted by Crippen LogP contribution is -2.66. The number of benzene rings is 1. The summed E-state index contributed by atoms with van der Waals surface area (Å²) >= 11 is 0. The van der Waals surface area contributed by atoms with Crippen molar-refractivity contribution in [3.05, 3.63) is 35.4 Å². The molecule has 2 bridgehead atoms. The maximum atomic E-state index is 12.5. The minimum absolute atomic E-state index is 0.0211. The highest BCUT2D eigenvalue weighted by molar-refractivity contribution is 6.63. The summed E-state index contributed by atoms with van der Waals surface area (Å²) in [6.07, 6.45) is 3.96. The molecule has 32 heavy (non-hydrogen) atoms. The molecule has 1 amide bonds. The summed E-state index contributed by atoms with van der Waals surface area (Å²) in [7, 11) is 0.897. The molecular weight excluding hydrogens is 409 g/mol. The predicted octanol–water partition coefficient (Wildman–Crippen LogP) is 1.93. The number of likely N-dealkylation sites (tertiary alicyclic amines) is 1. The normalized spacial score (nSPS) is 37.2. The van der Waals surface area contributed by atoms with Gasteiger partial charge in [-0.05, 0) is 46.1 Å². The SMILES string of the molecule is COC(=O)N1CC[C@]23c4c5ccc(B6OC(C)(C)C(C)(C)O6)c4O[C@H]2[C@@H](O)C=C[C@H]3C1C5. The monoisotopic (exact) mass is 439 g/mol. The van der Waals surface area contributed by atoms with E-state index >= 15 is 0 Å². The van der Waals surface area contributed by atoms with Crippen LogP contribution in [-0.2, 0) is 25.9 Å². The van der Waals surface area contributed by atoms with Gasteiger partial charge in [0.1, 0.15) is 18.0 Å². The zero-order chi connectivity index (χ0) is 22.6. The molecule has 3 aliphatic heterocycles. The molecule has 2 fully saturated rings. The van der Waals surface area contributed by atoms with Crippen LogP contribution in [0.1, 0.15) is 45.2 Å². The van der Waals surface area contributed by atoms with Crippen molar-refractivity contribution in [1.82, 2.24) is 4.90 Å². The number of aliphatic hydroxyl groups excluding tert-OH is 1. The number of carbonyl (C=O) groups excluding carboxylic acids is 1. The van der Waals surface area contributed by atoms with Crippen LogP contribution in [0.2, 0.25) is 0 Å². The van der Waals surface area contributed by atoms with Crippen molar-refractivity contribution in [2.24, 2.45) is 5.92 Å². The van der Waals surface area contributed by atoms with Crippen molar-refractivity contribution in [2.45, 2.75) is 75.4 Å². The van der Waals surface area contributed by atoms with Gasteiger partial charge in [0, 0.05) is 34.9 Å². The highest BCUT2D eigenvalue weighted by atomic mass is 16.7. The van der Waals surface area contributed by atoms with Crippen molar-refractivity contribution < 1.29 is 28.7 Å². The minimum atomic E-state index is -0.707. The van der Waals surface area contributed by atoms with Crippen LogP contribution in [0.5, 0.6) is 5.75 Å². The van der Waals surface area contributed by atoms with Crippen LogP contribution in [0.15, 0.2) is 24.3 Å². The third-order valence-electron chi connectivity index (χ3n) is 8.84. The number of ether oxygens (including phenoxy) is 2. The van der Waals surface area contributed by atoms with Gasteiger partial charge in [-0.1, -0.05) is 24.3 Å². The largest absolute Gasteiger partial charge is 0.498 e. The number of amides is 1. The second-order valence-electron chi connectivity index (χ2n) is 10.8. The van der Waals surface area contributed by atoms with Crippen LogP contribution in [0.4, 0.5) is 4.79 Å². The summed E-state index contributed by atoms with van der Waals surface area (Å²) in [5.41, 5.74) is 1.94. The Morgan fingerprint density at radius 1 is 1.19 bits per heavy atom. The second-order valence-corrected chi connectivity index (χ2v) is 10.8. The molecule has 8 heteroatoms. The fourth-order valence-electron chi connectivity index (χ4n) is 6.59. The first-order valence-corrected chi connectivity index (χ1v) is 11.5. The molecule has 1 N–H and O–H groups in total. The van der Waals surface area contributed by atoms with Crippen LogP contribution in [-0.4, -0.2) is 66.3 Å². The molecule has 6 rings (SSSR count). The van der Waals surface area contributed by atoms with E-state index in [1.807, 2.05) is 44.7 Å². The maximum absolute atomic E-state index is 12.5. The van der Waals surface area contributed by atoms with E-state index in [2.05, 4.69) is 12.1 Å². The van der Waals surface area contributed by atoms with E-state index in [0.29, 0.717) is 13.0 Å². The number of methoxy groups -OCH3 is 1. The molecule has 1 aromatic rings. The van der Waals surface area contributed by atoms with Crippen LogP contribution in [0.25, 0.3) is 0 Å². The lowest BCUT2D eigenvalue weighted by atomic mass is 9.53. The molecule has 1 spiro atoms. The highest BCUT2D eigenvalue weighted by Gasteiger charge is 2.66. The Balaban J connectivity index is 1.50. The van der Waals surface area contributed by atoms with Gasteiger partial charge < -0.3 is 28.8 Å². The van der Waals surface area contributed by atoms with Gasteiger partial charge in [0.25, 0.3) is 0 Å². The van der Waals surface area contributed by atoms with E-state index in [9.17, 15) is 9.90 Å². The minimum Gasteiger partial charge on any atom is -0.486 e. The van der Waals surface area contributed by atoms with Crippen molar-refractivity contribution in [2.75, 3.05) is 13.7 Å². The first-order valence-electron chi connectivity index (χ1n) is 11.5. The molecule has 0 radical (unpaired) electrons. The van der Waals surface area contributed by atoms with Gasteiger partial charge in [-0.3, -0.25) is 0 Å². The van der Waals surface area contributed by atoms with Crippen LogP contribution < -0.4 is 10.2 Å². The molecule has 7 nitrogen and oxygen atoms in total. The number of carbonyl (C=O) groups is 1. The molecule has 1 unspecified atom stereocenters. The zero-order valence-electron chi connectivity index (χ0n) is 19.3. The fraction of sp³-hybridized carbons (Fsp3) is 0.625. The molecular formula is C24H30BNO6. The maximum Gasteiger partial charge on any atom is 0.498 e. The van der Waals surface area contributed by atoms with Crippen LogP contribution in [0, 0.1) is 5.92 Å². The Morgan fingerprint density at radius 3 is 2.59 bits per heavy atom. The van der Waals surface area contributed by atoms with Gasteiger partial charge in [0.2, 0.25) is 0 Å². The number of hydrogen-bond donors (Lipinski definition) is 1. The summed E-state index contributed by atoms with van der Waals surface area (Å²) in [5.74, 6) is 0.856. The van der Waals surface area contributed by atoms with Crippen molar-refractivity contribution in [3.8, 4) is 5.75 Å². The number of piperidine rings is 1. The van der Waals surface area contributed by atoms with Gasteiger partial charge in [0.05, 0.1) is 18.3 Å². The molecule has 1 aromatic carbocycles. The predicted molar refractivity (Wildman–Crippen MR) is 118 cm³/mol. The molecule has 170 valence electrons. The number of nitrogens with zero attached hydrogens (tertiary/aromatic N) is 1. The van der Waals surface area contributed by atoms with Gasteiger partial charge in [-0.15, -0.1) is 0 Å². The van der Waals surface area contributed by atoms with E-state index in [-0.39, 0.29) is 23.5 Å². The third kappa shape index (κ3) is 2.35. The first kappa shape index (κ1) is 20.6. The van der Waals surface area contributed by atoms with Crippen LogP contribution in [0.3, 0.4) is 0 Å². The highest BCUT2D eigenvalue weighted by Crippen LogP contribution is 2.60. The molecule has 0 aromatic heterocycles. The standard InChI is InChI=1S/C24H30BNO6/c1-22(2)23(3,4)32-25(31-22)15-8-6-13-12-16-14-7-9-17(27)20-24(14,18(13)19(15)30-20)10-11-26(16)21(28)29-5/h6-9,14,16-17,20,27H,10-12H2,1-5H3/t14-,16?,17-,20-,24-/m0/s1. The summed E-state index contributed by atoms with van der Waals surface area (Å²) in [4.78, 5) is 14.4. The van der Waals surface area contributed by atoms with E-state index in [1.54, 1.807) is 0 Å². The summed E-state index contributed by atoms with van der Waals surface area (Å²) < 4.78 is 24.4.